The van der Waals surface area contributed by atoms with Crippen molar-refractivity contribution in [1.82, 2.24) is 19.8 Å². The van der Waals surface area contributed by atoms with Gasteiger partial charge in [-0.05, 0) is 25.5 Å². The zero-order valence-corrected chi connectivity index (χ0v) is 8.36. The van der Waals surface area contributed by atoms with E-state index in [-0.39, 0.29) is 0 Å². The molecule has 14 heavy (non-hydrogen) atoms. The summed E-state index contributed by atoms with van der Waals surface area (Å²) >= 11 is 0. The van der Waals surface area contributed by atoms with Crippen LogP contribution in [-0.4, -0.2) is 26.4 Å². The fraction of sp³-hybridized carbons (Fsp3) is 0.444. The van der Waals surface area contributed by atoms with Crippen molar-refractivity contribution in [1.29, 1.82) is 0 Å². The number of anilines is 1. The van der Waals surface area contributed by atoms with Crippen LogP contribution in [0.1, 0.15) is 19.2 Å². The molecule has 0 saturated carbocycles. The summed E-state index contributed by atoms with van der Waals surface area (Å²) in [7, 11) is 0. The predicted molar refractivity (Wildman–Crippen MR) is 54.3 cm³/mol. The molecule has 2 aromatic heterocycles. The molecule has 5 heteroatoms. The SMILES string of the molecule is CCCNc1ccc2nnc(C)n2n1. The molecule has 0 aliphatic heterocycles. The molecule has 0 bridgehead atoms. The van der Waals surface area contributed by atoms with Gasteiger partial charge < -0.3 is 5.32 Å². The smallest absolute Gasteiger partial charge is 0.178 e. The summed E-state index contributed by atoms with van der Waals surface area (Å²) in [6.07, 6.45) is 1.08. The van der Waals surface area contributed by atoms with Crippen LogP contribution >= 0.6 is 0 Å². The van der Waals surface area contributed by atoms with Crippen molar-refractivity contribution in [2.24, 2.45) is 0 Å². The van der Waals surface area contributed by atoms with Crippen molar-refractivity contribution in [3.63, 3.8) is 0 Å². The minimum atomic E-state index is 0.782. The van der Waals surface area contributed by atoms with E-state index in [2.05, 4.69) is 27.5 Å². The molecule has 0 aliphatic rings. The fourth-order valence-electron chi connectivity index (χ4n) is 1.24. The van der Waals surface area contributed by atoms with Gasteiger partial charge in [-0.25, -0.2) is 0 Å². The monoisotopic (exact) mass is 191 g/mol. The molecule has 0 saturated heterocycles. The number of hydrogen-bond donors (Lipinski definition) is 1. The first kappa shape index (κ1) is 8.93. The minimum Gasteiger partial charge on any atom is -0.369 e. The highest BCUT2D eigenvalue weighted by Crippen LogP contribution is 2.06. The molecule has 0 radical (unpaired) electrons. The van der Waals surface area contributed by atoms with Gasteiger partial charge in [-0.15, -0.1) is 15.3 Å². The Morgan fingerprint density at radius 2 is 2.21 bits per heavy atom. The molecule has 0 unspecified atom stereocenters. The largest absolute Gasteiger partial charge is 0.369 e. The highest BCUT2D eigenvalue weighted by Gasteiger charge is 2.01. The van der Waals surface area contributed by atoms with E-state index in [1.165, 1.54) is 0 Å². The van der Waals surface area contributed by atoms with Crippen LogP contribution in [-0.2, 0) is 0 Å². The van der Waals surface area contributed by atoms with Crippen LogP contribution in [0.3, 0.4) is 0 Å². The Labute approximate surface area is 82.2 Å². The molecule has 2 rings (SSSR count). The first-order valence-corrected chi connectivity index (χ1v) is 4.74. The van der Waals surface area contributed by atoms with Crippen molar-refractivity contribution >= 4 is 11.5 Å². The van der Waals surface area contributed by atoms with Gasteiger partial charge in [-0.3, -0.25) is 0 Å². The van der Waals surface area contributed by atoms with Crippen molar-refractivity contribution in [2.75, 3.05) is 11.9 Å². The molecule has 1 N–H and O–H groups in total. The number of aromatic nitrogens is 4. The van der Waals surface area contributed by atoms with Gasteiger partial charge in [-0.2, -0.15) is 4.52 Å². The van der Waals surface area contributed by atoms with Gasteiger partial charge in [0.2, 0.25) is 0 Å². The number of hydrogen-bond acceptors (Lipinski definition) is 4. The zero-order valence-electron chi connectivity index (χ0n) is 8.36. The second-order valence-electron chi connectivity index (χ2n) is 3.16. The summed E-state index contributed by atoms with van der Waals surface area (Å²) in [4.78, 5) is 0. The highest BCUT2D eigenvalue weighted by atomic mass is 15.4. The fourth-order valence-corrected chi connectivity index (χ4v) is 1.24. The summed E-state index contributed by atoms with van der Waals surface area (Å²) in [5.74, 6) is 1.67. The lowest BCUT2D eigenvalue weighted by Gasteiger charge is -2.03. The molecule has 0 aliphatic carbocycles. The Hall–Kier alpha value is -1.65. The second kappa shape index (κ2) is 3.61. The summed E-state index contributed by atoms with van der Waals surface area (Å²) < 4.78 is 1.73. The normalized spacial score (nSPS) is 10.7. The van der Waals surface area contributed by atoms with Gasteiger partial charge in [0, 0.05) is 6.54 Å². The van der Waals surface area contributed by atoms with Gasteiger partial charge in [0.15, 0.2) is 11.5 Å². The van der Waals surface area contributed by atoms with E-state index in [0.717, 1.165) is 30.3 Å². The molecule has 0 atom stereocenters. The van der Waals surface area contributed by atoms with E-state index in [9.17, 15) is 0 Å². The van der Waals surface area contributed by atoms with Crippen LogP contribution in [0.4, 0.5) is 5.82 Å². The highest BCUT2D eigenvalue weighted by molar-refractivity contribution is 5.43. The van der Waals surface area contributed by atoms with Crippen LogP contribution in [0.25, 0.3) is 5.65 Å². The van der Waals surface area contributed by atoms with Crippen LogP contribution in [0.15, 0.2) is 12.1 Å². The number of aryl methyl sites for hydroxylation is 1. The third-order valence-corrected chi connectivity index (χ3v) is 1.97. The molecular formula is C9H13N5. The Morgan fingerprint density at radius 1 is 1.36 bits per heavy atom. The maximum atomic E-state index is 4.35. The molecule has 0 aromatic carbocycles. The lowest BCUT2D eigenvalue weighted by Crippen LogP contribution is -2.05. The van der Waals surface area contributed by atoms with Gasteiger partial charge in [0.05, 0.1) is 0 Å². The quantitative estimate of drug-likeness (QED) is 0.793. The Morgan fingerprint density at radius 3 is 3.00 bits per heavy atom. The van der Waals surface area contributed by atoms with E-state index < -0.39 is 0 Å². The summed E-state index contributed by atoms with van der Waals surface area (Å²) in [6.45, 7) is 4.94. The Kier molecular flexibility index (Phi) is 2.30. The van der Waals surface area contributed by atoms with Gasteiger partial charge in [-0.1, -0.05) is 6.92 Å². The third-order valence-electron chi connectivity index (χ3n) is 1.97. The van der Waals surface area contributed by atoms with E-state index in [1.807, 2.05) is 19.1 Å². The average Bonchev–Trinajstić information content (AvgIpc) is 2.57. The molecule has 0 spiro atoms. The average molecular weight is 191 g/mol. The lowest BCUT2D eigenvalue weighted by atomic mass is 10.4. The predicted octanol–water partition coefficient (Wildman–Crippen LogP) is 1.25. The minimum absolute atomic E-state index is 0.782. The number of nitrogens with zero attached hydrogens (tertiary/aromatic N) is 4. The number of fused-ring (bicyclic) bond motifs is 1. The van der Waals surface area contributed by atoms with Crippen LogP contribution < -0.4 is 5.32 Å². The van der Waals surface area contributed by atoms with Gasteiger partial charge in [0.1, 0.15) is 5.82 Å². The summed E-state index contributed by atoms with van der Waals surface area (Å²) in [5.41, 5.74) is 0.782. The number of nitrogens with one attached hydrogen (secondary N) is 1. The summed E-state index contributed by atoms with van der Waals surface area (Å²) in [5, 5.41) is 15.5. The van der Waals surface area contributed by atoms with Crippen molar-refractivity contribution in [3.05, 3.63) is 18.0 Å². The van der Waals surface area contributed by atoms with Crippen LogP contribution in [0, 0.1) is 6.92 Å². The van der Waals surface area contributed by atoms with E-state index in [1.54, 1.807) is 4.52 Å². The van der Waals surface area contributed by atoms with E-state index in [4.69, 9.17) is 0 Å². The first-order chi connectivity index (χ1) is 6.81. The maximum absolute atomic E-state index is 4.35. The molecule has 74 valence electrons. The second-order valence-corrected chi connectivity index (χ2v) is 3.16. The van der Waals surface area contributed by atoms with E-state index in [0.29, 0.717) is 0 Å². The van der Waals surface area contributed by atoms with Crippen LogP contribution in [0.5, 0.6) is 0 Å². The maximum Gasteiger partial charge on any atom is 0.178 e. The molecule has 5 nitrogen and oxygen atoms in total. The molecular weight excluding hydrogens is 178 g/mol. The van der Waals surface area contributed by atoms with Gasteiger partial charge in [0.25, 0.3) is 0 Å². The third kappa shape index (κ3) is 1.53. The summed E-state index contributed by atoms with van der Waals surface area (Å²) in [6, 6.07) is 3.82. The lowest BCUT2D eigenvalue weighted by molar-refractivity contribution is 0.864. The molecule has 2 aromatic rings. The van der Waals surface area contributed by atoms with Crippen molar-refractivity contribution in [3.8, 4) is 0 Å². The van der Waals surface area contributed by atoms with E-state index >= 15 is 0 Å². The van der Waals surface area contributed by atoms with Crippen LogP contribution in [0.2, 0.25) is 0 Å². The topological polar surface area (TPSA) is 55.1 Å². The van der Waals surface area contributed by atoms with Crippen molar-refractivity contribution < 1.29 is 0 Å². The number of rotatable bonds is 3. The Balaban J connectivity index is 2.34. The molecule has 0 amide bonds. The first-order valence-electron chi connectivity index (χ1n) is 4.74. The standard InChI is InChI=1S/C9H13N5/c1-3-6-10-8-4-5-9-12-11-7(2)14(9)13-8/h4-5H,3,6H2,1-2H3,(H,10,13). The Bertz CT molecular complexity index is 434. The van der Waals surface area contributed by atoms with Crippen molar-refractivity contribution in [2.45, 2.75) is 20.3 Å². The zero-order chi connectivity index (χ0) is 9.97. The van der Waals surface area contributed by atoms with Gasteiger partial charge >= 0.3 is 0 Å². The molecule has 2 heterocycles. The molecule has 0 fully saturated rings.